The fourth-order valence-electron chi connectivity index (χ4n) is 1.98. The number of amides is 1. The van der Waals surface area contributed by atoms with E-state index in [9.17, 15) is 4.79 Å². The minimum atomic E-state index is 0.0720. The van der Waals surface area contributed by atoms with Crippen LogP contribution in [-0.4, -0.2) is 29.1 Å². The second-order valence-corrected chi connectivity index (χ2v) is 5.82. The zero-order valence-electron chi connectivity index (χ0n) is 11.5. The molecular formula is C15H20N2O2S. The molecule has 0 aliphatic carbocycles. The Labute approximate surface area is 122 Å². The summed E-state index contributed by atoms with van der Waals surface area (Å²) in [7, 11) is 0. The number of hydrogen-bond acceptors (Lipinski definition) is 4. The Hall–Kier alpha value is -1.46. The van der Waals surface area contributed by atoms with Crippen molar-refractivity contribution in [3.05, 3.63) is 29.3 Å². The number of nitrogens with zero attached hydrogens (tertiary/aromatic N) is 1. The van der Waals surface area contributed by atoms with E-state index >= 15 is 0 Å². The maximum atomic E-state index is 11.5. The highest BCUT2D eigenvalue weighted by molar-refractivity contribution is 7.18. The molecule has 0 radical (unpaired) electrons. The molecule has 0 bridgehead atoms. The van der Waals surface area contributed by atoms with Gasteiger partial charge in [-0.1, -0.05) is 12.1 Å². The summed E-state index contributed by atoms with van der Waals surface area (Å²) >= 11 is 1.73. The van der Waals surface area contributed by atoms with Crippen LogP contribution in [0.25, 0.3) is 10.2 Å². The Kier molecular flexibility index (Phi) is 5.95. The number of hydrogen-bond donors (Lipinski definition) is 2. The number of nitrogens with one attached hydrogen (secondary N) is 1. The molecule has 0 atom stereocenters. The van der Waals surface area contributed by atoms with E-state index in [4.69, 9.17) is 5.11 Å². The average Bonchev–Trinajstić information content (AvgIpc) is 2.86. The van der Waals surface area contributed by atoms with Gasteiger partial charge in [-0.05, 0) is 37.8 Å². The molecule has 0 aliphatic heterocycles. The summed E-state index contributed by atoms with van der Waals surface area (Å²) in [6.45, 7) is 0.686. The molecule has 108 valence electrons. The summed E-state index contributed by atoms with van der Waals surface area (Å²) < 4.78 is 1.23. The number of thiazole rings is 1. The number of fused-ring (bicyclic) bond motifs is 1. The van der Waals surface area contributed by atoms with Crippen LogP contribution in [0.15, 0.2) is 24.3 Å². The molecule has 5 heteroatoms. The number of aromatic nitrogens is 1. The van der Waals surface area contributed by atoms with Crippen molar-refractivity contribution < 1.29 is 9.90 Å². The summed E-state index contributed by atoms with van der Waals surface area (Å²) in [5.41, 5.74) is 1.06. The number of carbonyl (C=O) groups excluding carboxylic acids is 1. The van der Waals surface area contributed by atoms with Gasteiger partial charge in [-0.25, -0.2) is 4.98 Å². The van der Waals surface area contributed by atoms with Gasteiger partial charge in [0, 0.05) is 19.6 Å². The molecule has 0 saturated heterocycles. The van der Waals surface area contributed by atoms with Crippen molar-refractivity contribution in [2.24, 2.45) is 0 Å². The van der Waals surface area contributed by atoms with Crippen LogP contribution in [0.2, 0.25) is 0 Å². The number of para-hydroxylation sites is 1. The maximum absolute atomic E-state index is 11.5. The number of carbonyl (C=O) groups is 1. The van der Waals surface area contributed by atoms with E-state index in [0.717, 1.165) is 29.8 Å². The first-order valence-electron chi connectivity index (χ1n) is 7.01. The highest BCUT2D eigenvalue weighted by Crippen LogP contribution is 2.22. The molecule has 1 amide bonds. The van der Waals surface area contributed by atoms with E-state index in [1.54, 1.807) is 11.3 Å². The molecule has 1 aromatic heterocycles. The number of aliphatic hydroxyl groups excluding tert-OH is 1. The van der Waals surface area contributed by atoms with Crippen molar-refractivity contribution in [2.45, 2.75) is 32.1 Å². The Bertz CT molecular complexity index is 521. The van der Waals surface area contributed by atoms with E-state index in [1.165, 1.54) is 4.70 Å². The van der Waals surface area contributed by atoms with E-state index in [-0.39, 0.29) is 12.5 Å². The third kappa shape index (κ3) is 4.58. The standard InChI is InChI=1S/C15H20N2O2S/c18-11-5-10-16-14(19)8-3-4-9-15-17-12-6-1-2-7-13(12)20-15/h1-2,6-7,18H,3-5,8-11H2,(H,16,19). The topological polar surface area (TPSA) is 62.2 Å². The van der Waals surface area contributed by atoms with Gasteiger partial charge in [0.25, 0.3) is 0 Å². The molecule has 2 N–H and O–H groups in total. The third-order valence-electron chi connectivity index (χ3n) is 3.04. The maximum Gasteiger partial charge on any atom is 0.219 e. The second kappa shape index (κ2) is 7.97. The van der Waals surface area contributed by atoms with E-state index in [2.05, 4.69) is 16.4 Å². The van der Waals surface area contributed by atoms with Crippen LogP contribution >= 0.6 is 11.3 Å². The highest BCUT2D eigenvalue weighted by atomic mass is 32.1. The van der Waals surface area contributed by atoms with Gasteiger partial charge in [0.2, 0.25) is 5.91 Å². The monoisotopic (exact) mass is 292 g/mol. The summed E-state index contributed by atoms with van der Waals surface area (Å²) in [6, 6.07) is 8.15. The molecule has 4 nitrogen and oxygen atoms in total. The summed E-state index contributed by atoms with van der Waals surface area (Å²) in [4.78, 5) is 16.0. The smallest absolute Gasteiger partial charge is 0.219 e. The van der Waals surface area contributed by atoms with E-state index < -0.39 is 0 Å². The van der Waals surface area contributed by atoms with E-state index in [0.29, 0.717) is 19.4 Å². The molecule has 1 aromatic carbocycles. The van der Waals surface area contributed by atoms with Gasteiger partial charge in [0.15, 0.2) is 0 Å². The van der Waals surface area contributed by atoms with Crippen LogP contribution in [0, 0.1) is 0 Å². The van der Waals surface area contributed by atoms with Crippen molar-refractivity contribution in [3.63, 3.8) is 0 Å². The van der Waals surface area contributed by atoms with Gasteiger partial charge in [0.1, 0.15) is 0 Å². The zero-order chi connectivity index (χ0) is 14.2. The Morgan fingerprint density at radius 3 is 2.90 bits per heavy atom. The largest absolute Gasteiger partial charge is 0.396 e. The highest BCUT2D eigenvalue weighted by Gasteiger charge is 2.04. The van der Waals surface area contributed by atoms with Gasteiger partial charge >= 0.3 is 0 Å². The molecule has 0 unspecified atom stereocenters. The van der Waals surface area contributed by atoms with Crippen molar-refractivity contribution in [2.75, 3.05) is 13.2 Å². The Morgan fingerprint density at radius 1 is 1.25 bits per heavy atom. The van der Waals surface area contributed by atoms with Crippen molar-refractivity contribution >= 4 is 27.5 Å². The fourth-order valence-corrected chi connectivity index (χ4v) is 2.99. The molecular weight excluding hydrogens is 272 g/mol. The van der Waals surface area contributed by atoms with Gasteiger partial charge < -0.3 is 10.4 Å². The zero-order valence-corrected chi connectivity index (χ0v) is 12.3. The normalized spacial score (nSPS) is 10.8. The molecule has 0 fully saturated rings. The average molecular weight is 292 g/mol. The molecule has 0 saturated carbocycles. The number of benzene rings is 1. The van der Waals surface area contributed by atoms with Crippen LogP contribution in [0.1, 0.15) is 30.7 Å². The molecule has 2 rings (SSSR count). The van der Waals surface area contributed by atoms with Crippen LogP contribution in [-0.2, 0) is 11.2 Å². The molecule has 1 heterocycles. The third-order valence-corrected chi connectivity index (χ3v) is 4.14. The minimum absolute atomic E-state index is 0.0720. The lowest BCUT2D eigenvalue weighted by atomic mass is 10.2. The quantitative estimate of drug-likeness (QED) is 0.735. The predicted octanol–water partition coefficient (Wildman–Crippen LogP) is 2.51. The molecule has 0 spiro atoms. The molecule has 20 heavy (non-hydrogen) atoms. The Morgan fingerprint density at radius 2 is 2.10 bits per heavy atom. The lowest BCUT2D eigenvalue weighted by Gasteiger charge is -2.03. The predicted molar refractivity (Wildman–Crippen MR) is 81.9 cm³/mol. The van der Waals surface area contributed by atoms with Crippen molar-refractivity contribution in [1.82, 2.24) is 10.3 Å². The lowest BCUT2D eigenvalue weighted by Crippen LogP contribution is -2.24. The Balaban J connectivity index is 1.67. The van der Waals surface area contributed by atoms with Crippen LogP contribution in [0.3, 0.4) is 0 Å². The summed E-state index contributed by atoms with van der Waals surface area (Å²) in [6.07, 6.45) is 3.96. The van der Waals surface area contributed by atoms with Gasteiger partial charge in [-0.3, -0.25) is 4.79 Å². The molecule has 0 aliphatic rings. The van der Waals surface area contributed by atoms with Gasteiger partial charge in [0.05, 0.1) is 15.2 Å². The van der Waals surface area contributed by atoms with Gasteiger partial charge in [-0.2, -0.15) is 0 Å². The number of unbranched alkanes of at least 4 members (excludes halogenated alkanes) is 1. The minimum Gasteiger partial charge on any atom is -0.396 e. The first kappa shape index (κ1) is 14.9. The first-order valence-corrected chi connectivity index (χ1v) is 7.83. The fraction of sp³-hybridized carbons (Fsp3) is 0.467. The van der Waals surface area contributed by atoms with E-state index in [1.807, 2.05) is 18.2 Å². The molecule has 2 aromatic rings. The van der Waals surface area contributed by atoms with Crippen LogP contribution < -0.4 is 5.32 Å². The number of rotatable bonds is 8. The van der Waals surface area contributed by atoms with Crippen LogP contribution in [0.5, 0.6) is 0 Å². The van der Waals surface area contributed by atoms with Crippen molar-refractivity contribution in [3.8, 4) is 0 Å². The SMILES string of the molecule is O=C(CCCCc1nc2ccccc2s1)NCCCO. The number of aryl methyl sites for hydroxylation is 1. The van der Waals surface area contributed by atoms with Crippen molar-refractivity contribution in [1.29, 1.82) is 0 Å². The lowest BCUT2D eigenvalue weighted by molar-refractivity contribution is -0.121. The van der Waals surface area contributed by atoms with Gasteiger partial charge in [-0.15, -0.1) is 11.3 Å². The second-order valence-electron chi connectivity index (χ2n) is 4.71. The summed E-state index contributed by atoms with van der Waals surface area (Å²) in [5, 5.41) is 12.6. The van der Waals surface area contributed by atoms with Crippen LogP contribution in [0.4, 0.5) is 0 Å². The first-order chi connectivity index (χ1) is 9.79. The summed E-state index contributed by atoms with van der Waals surface area (Å²) in [5.74, 6) is 0.0720. The number of aliphatic hydroxyl groups is 1.